The highest BCUT2D eigenvalue weighted by Crippen LogP contribution is 2.18. The first-order valence-electron chi connectivity index (χ1n) is 7.79. The predicted molar refractivity (Wildman–Crippen MR) is 84.1 cm³/mol. The normalized spacial score (nSPS) is 15.2. The molecule has 6 heteroatoms. The Morgan fingerprint density at radius 3 is 2.41 bits per heavy atom. The summed E-state index contributed by atoms with van der Waals surface area (Å²) in [5.41, 5.74) is 0.237. The lowest BCUT2D eigenvalue weighted by Crippen LogP contribution is -2.50. The zero-order valence-corrected chi connectivity index (χ0v) is 13.2. The molecule has 0 spiro atoms. The Morgan fingerprint density at radius 2 is 1.86 bits per heavy atom. The van der Waals surface area contributed by atoms with E-state index < -0.39 is 5.97 Å². The van der Waals surface area contributed by atoms with Crippen LogP contribution < -0.4 is 4.90 Å². The van der Waals surface area contributed by atoms with Crippen molar-refractivity contribution in [2.75, 3.05) is 31.1 Å². The number of carboxylic acid groups (broad SMARTS) is 1. The number of piperazine rings is 1. The van der Waals surface area contributed by atoms with Gasteiger partial charge < -0.3 is 14.9 Å². The Balaban J connectivity index is 1.99. The van der Waals surface area contributed by atoms with Gasteiger partial charge in [0.05, 0.1) is 5.56 Å². The van der Waals surface area contributed by atoms with Crippen molar-refractivity contribution in [2.45, 2.75) is 26.7 Å². The van der Waals surface area contributed by atoms with Gasteiger partial charge in [0.25, 0.3) is 0 Å². The van der Waals surface area contributed by atoms with Gasteiger partial charge in [-0.25, -0.2) is 9.78 Å². The van der Waals surface area contributed by atoms with E-state index in [0.717, 1.165) is 12.8 Å². The zero-order chi connectivity index (χ0) is 16.1. The first-order valence-corrected chi connectivity index (χ1v) is 7.79. The van der Waals surface area contributed by atoms with Gasteiger partial charge in [0.15, 0.2) is 0 Å². The molecule has 6 nitrogen and oxygen atoms in total. The van der Waals surface area contributed by atoms with E-state index in [2.05, 4.69) is 4.98 Å². The lowest BCUT2D eigenvalue weighted by molar-refractivity contribution is -0.136. The summed E-state index contributed by atoms with van der Waals surface area (Å²) in [7, 11) is 0. The van der Waals surface area contributed by atoms with Crippen LogP contribution in [-0.2, 0) is 4.79 Å². The molecule has 1 saturated heterocycles. The summed E-state index contributed by atoms with van der Waals surface area (Å²) < 4.78 is 0. The summed E-state index contributed by atoms with van der Waals surface area (Å²) in [6, 6.07) is 3.07. The highest BCUT2D eigenvalue weighted by atomic mass is 16.4. The number of amides is 1. The smallest absolute Gasteiger partial charge is 0.335 e. The molecule has 0 bridgehead atoms. The van der Waals surface area contributed by atoms with Crippen molar-refractivity contribution in [2.24, 2.45) is 5.92 Å². The van der Waals surface area contributed by atoms with E-state index in [0.29, 0.717) is 32.0 Å². The van der Waals surface area contributed by atoms with E-state index in [4.69, 9.17) is 5.11 Å². The lowest BCUT2D eigenvalue weighted by atomic mass is 10.0. The Bertz CT molecular complexity index is 535. The standard InChI is InChI=1S/C16H23N3O3/c1-3-12(4-2)15(20)19-9-7-18(8-10-19)14-11-13(16(21)22)5-6-17-14/h5-6,11-12H,3-4,7-10H2,1-2H3,(H,21,22). The first-order chi connectivity index (χ1) is 10.6. The SMILES string of the molecule is CCC(CC)C(=O)N1CCN(c2cc(C(=O)O)ccn2)CC1. The van der Waals surface area contributed by atoms with Gasteiger partial charge in [-0.1, -0.05) is 13.8 Å². The maximum Gasteiger partial charge on any atom is 0.335 e. The fraction of sp³-hybridized carbons (Fsp3) is 0.562. The van der Waals surface area contributed by atoms with Crippen LogP contribution >= 0.6 is 0 Å². The van der Waals surface area contributed by atoms with Crippen molar-refractivity contribution in [3.05, 3.63) is 23.9 Å². The van der Waals surface area contributed by atoms with Crippen molar-refractivity contribution >= 4 is 17.7 Å². The van der Waals surface area contributed by atoms with Crippen LogP contribution in [0.25, 0.3) is 0 Å². The number of nitrogens with zero attached hydrogens (tertiary/aromatic N) is 3. The van der Waals surface area contributed by atoms with Gasteiger partial charge in [-0.05, 0) is 25.0 Å². The molecule has 0 atom stereocenters. The van der Waals surface area contributed by atoms with Gasteiger partial charge in [0.1, 0.15) is 5.82 Å². The third kappa shape index (κ3) is 3.55. The summed E-state index contributed by atoms with van der Waals surface area (Å²) >= 11 is 0. The zero-order valence-electron chi connectivity index (χ0n) is 13.2. The summed E-state index contributed by atoms with van der Waals surface area (Å²) in [5, 5.41) is 9.04. The second kappa shape index (κ2) is 7.24. The number of aromatic carboxylic acids is 1. The molecule has 2 rings (SSSR count). The number of rotatable bonds is 5. The molecule has 1 amide bonds. The topological polar surface area (TPSA) is 73.7 Å². The van der Waals surface area contributed by atoms with Gasteiger partial charge in [0.2, 0.25) is 5.91 Å². The molecule has 2 heterocycles. The van der Waals surface area contributed by atoms with Gasteiger partial charge in [-0.3, -0.25) is 4.79 Å². The maximum absolute atomic E-state index is 12.4. The molecule has 22 heavy (non-hydrogen) atoms. The number of anilines is 1. The number of hydrogen-bond donors (Lipinski definition) is 1. The highest BCUT2D eigenvalue weighted by molar-refractivity contribution is 5.88. The Hall–Kier alpha value is -2.11. The van der Waals surface area contributed by atoms with Crippen molar-refractivity contribution in [3.63, 3.8) is 0 Å². The van der Waals surface area contributed by atoms with E-state index in [-0.39, 0.29) is 17.4 Å². The third-order valence-electron chi connectivity index (χ3n) is 4.24. The van der Waals surface area contributed by atoms with Crippen molar-refractivity contribution < 1.29 is 14.7 Å². The summed E-state index contributed by atoms with van der Waals surface area (Å²) in [6.07, 6.45) is 3.26. The minimum absolute atomic E-state index is 0.111. The molecule has 1 fully saturated rings. The molecule has 1 aliphatic rings. The maximum atomic E-state index is 12.4. The van der Waals surface area contributed by atoms with Crippen LogP contribution in [0.2, 0.25) is 0 Å². The summed E-state index contributed by atoms with van der Waals surface area (Å²) in [4.78, 5) is 31.6. The van der Waals surface area contributed by atoms with Crippen molar-refractivity contribution in [1.29, 1.82) is 0 Å². The third-order valence-corrected chi connectivity index (χ3v) is 4.24. The molecule has 0 saturated carbocycles. The van der Waals surface area contributed by atoms with Crippen LogP contribution in [0.4, 0.5) is 5.82 Å². The van der Waals surface area contributed by atoms with Gasteiger partial charge in [-0.2, -0.15) is 0 Å². The molecule has 0 aliphatic carbocycles. The molecule has 1 aromatic heterocycles. The number of carbonyl (C=O) groups is 2. The van der Waals surface area contributed by atoms with Crippen LogP contribution in [0, 0.1) is 5.92 Å². The van der Waals surface area contributed by atoms with E-state index in [1.54, 1.807) is 6.07 Å². The summed E-state index contributed by atoms with van der Waals surface area (Å²) in [6.45, 7) is 6.78. The Labute approximate surface area is 130 Å². The van der Waals surface area contributed by atoms with E-state index in [1.165, 1.54) is 12.3 Å². The van der Waals surface area contributed by atoms with Gasteiger partial charge >= 0.3 is 5.97 Å². The predicted octanol–water partition coefficient (Wildman–Crippen LogP) is 1.86. The lowest BCUT2D eigenvalue weighted by Gasteiger charge is -2.36. The molecule has 0 unspecified atom stereocenters. The van der Waals surface area contributed by atoms with Crippen LogP contribution in [0.3, 0.4) is 0 Å². The number of pyridine rings is 1. The van der Waals surface area contributed by atoms with Crippen LogP contribution in [0.5, 0.6) is 0 Å². The molecule has 1 aliphatic heterocycles. The van der Waals surface area contributed by atoms with Gasteiger partial charge in [-0.15, -0.1) is 0 Å². The molecule has 1 aromatic rings. The van der Waals surface area contributed by atoms with E-state index in [1.807, 2.05) is 23.6 Å². The van der Waals surface area contributed by atoms with Crippen molar-refractivity contribution in [1.82, 2.24) is 9.88 Å². The van der Waals surface area contributed by atoms with Crippen LogP contribution in [0.15, 0.2) is 18.3 Å². The number of carboxylic acids is 1. The molecule has 0 aromatic carbocycles. The number of carbonyl (C=O) groups excluding carboxylic acids is 1. The molecular formula is C16H23N3O3. The molecule has 120 valence electrons. The van der Waals surface area contributed by atoms with Crippen LogP contribution in [-0.4, -0.2) is 53.0 Å². The fourth-order valence-corrected chi connectivity index (χ4v) is 2.78. The number of aromatic nitrogens is 1. The second-order valence-electron chi connectivity index (χ2n) is 5.53. The largest absolute Gasteiger partial charge is 0.478 e. The monoisotopic (exact) mass is 305 g/mol. The van der Waals surface area contributed by atoms with Gasteiger partial charge in [0, 0.05) is 38.3 Å². The van der Waals surface area contributed by atoms with Crippen LogP contribution in [0.1, 0.15) is 37.0 Å². The van der Waals surface area contributed by atoms with Crippen molar-refractivity contribution in [3.8, 4) is 0 Å². The molecular weight excluding hydrogens is 282 g/mol. The minimum Gasteiger partial charge on any atom is -0.478 e. The Kier molecular flexibility index (Phi) is 5.35. The molecule has 0 radical (unpaired) electrons. The quantitative estimate of drug-likeness (QED) is 0.899. The van der Waals surface area contributed by atoms with E-state index >= 15 is 0 Å². The average molecular weight is 305 g/mol. The Morgan fingerprint density at radius 1 is 1.23 bits per heavy atom. The molecule has 1 N–H and O–H groups in total. The second-order valence-corrected chi connectivity index (χ2v) is 5.53. The fourth-order valence-electron chi connectivity index (χ4n) is 2.78. The average Bonchev–Trinajstić information content (AvgIpc) is 2.56. The minimum atomic E-state index is -0.953. The first kappa shape index (κ1) is 16.3. The number of hydrogen-bond acceptors (Lipinski definition) is 4. The summed E-state index contributed by atoms with van der Waals surface area (Å²) in [5.74, 6) is 0.0534. The van der Waals surface area contributed by atoms with E-state index in [9.17, 15) is 9.59 Å². The highest BCUT2D eigenvalue weighted by Gasteiger charge is 2.26.